The van der Waals surface area contributed by atoms with Crippen molar-refractivity contribution in [2.75, 3.05) is 31.1 Å². The number of halogens is 2. The van der Waals surface area contributed by atoms with Gasteiger partial charge in [-0.1, -0.05) is 0 Å². The highest BCUT2D eigenvalue weighted by atomic mass is 32.1. The smallest absolute Gasteiger partial charge is 0.251 e. The maximum atomic E-state index is 13.1. The minimum Gasteiger partial charge on any atom is -0.346 e. The van der Waals surface area contributed by atoms with Crippen LogP contribution in [0.3, 0.4) is 0 Å². The van der Waals surface area contributed by atoms with Crippen LogP contribution in [-0.2, 0) is 4.79 Å². The van der Waals surface area contributed by atoms with Crippen LogP contribution in [0.25, 0.3) is 0 Å². The molecule has 1 amide bonds. The number of anilines is 1. The fourth-order valence-corrected chi connectivity index (χ4v) is 3.57. The van der Waals surface area contributed by atoms with Crippen LogP contribution in [0, 0.1) is 12.8 Å². The number of piperidine rings is 1. The lowest BCUT2D eigenvalue weighted by atomic mass is 10.0. The fourth-order valence-electron chi connectivity index (χ4n) is 2.86. The van der Waals surface area contributed by atoms with E-state index in [0.29, 0.717) is 6.54 Å². The average molecular weight is 316 g/mol. The Hall–Kier alpha value is -1.31. The molecule has 1 aromatic rings. The molecule has 8 heteroatoms. The van der Waals surface area contributed by atoms with Gasteiger partial charge >= 0.3 is 0 Å². The monoisotopic (exact) mass is 316 g/mol. The lowest BCUT2D eigenvalue weighted by Gasteiger charge is -2.33. The first-order valence-electron chi connectivity index (χ1n) is 7.16. The van der Waals surface area contributed by atoms with Gasteiger partial charge in [-0.3, -0.25) is 4.79 Å². The number of amides is 1. The molecule has 3 heterocycles. The first kappa shape index (κ1) is 14.6. The highest BCUT2D eigenvalue weighted by Crippen LogP contribution is 2.30. The topological polar surface area (TPSA) is 49.3 Å². The molecule has 2 aliphatic heterocycles. The Morgan fingerprint density at radius 2 is 2.05 bits per heavy atom. The van der Waals surface area contributed by atoms with Gasteiger partial charge in [0.2, 0.25) is 11.0 Å². The van der Waals surface area contributed by atoms with E-state index < -0.39 is 5.92 Å². The summed E-state index contributed by atoms with van der Waals surface area (Å²) in [6.07, 6.45) is 0.319. The van der Waals surface area contributed by atoms with Gasteiger partial charge in [-0.2, -0.15) is 4.37 Å². The molecule has 0 saturated carbocycles. The second-order valence-electron chi connectivity index (χ2n) is 5.74. The average Bonchev–Trinajstić information content (AvgIpc) is 3.06. The molecular weight excluding hydrogens is 298 g/mol. The van der Waals surface area contributed by atoms with Crippen LogP contribution in [-0.4, -0.2) is 52.3 Å². The van der Waals surface area contributed by atoms with Gasteiger partial charge in [0.15, 0.2) is 0 Å². The van der Waals surface area contributed by atoms with Crippen molar-refractivity contribution in [3.8, 4) is 0 Å². The lowest BCUT2D eigenvalue weighted by molar-refractivity contribution is -0.140. The van der Waals surface area contributed by atoms with Gasteiger partial charge in [0.05, 0.1) is 5.92 Å². The van der Waals surface area contributed by atoms with Crippen molar-refractivity contribution in [3.05, 3.63) is 5.82 Å². The standard InChI is InChI=1S/C13H18F2N4OS/c1-9-16-12(21-17-9)19-5-2-10(8-19)11(20)18-6-3-13(14,15)4-7-18/h10H,2-8H2,1H3. The summed E-state index contributed by atoms with van der Waals surface area (Å²) >= 11 is 1.34. The molecule has 2 fully saturated rings. The minimum absolute atomic E-state index is 0.00855. The summed E-state index contributed by atoms with van der Waals surface area (Å²) in [6, 6.07) is 0. The number of rotatable bonds is 2. The SMILES string of the molecule is Cc1nsc(N2CCC(C(=O)N3CCC(F)(F)CC3)C2)n1. The first-order chi connectivity index (χ1) is 9.94. The third-order valence-corrected chi connectivity index (χ3v) is 5.00. The van der Waals surface area contributed by atoms with E-state index in [0.717, 1.165) is 23.9 Å². The molecule has 0 bridgehead atoms. The maximum absolute atomic E-state index is 13.1. The van der Waals surface area contributed by atoms with E-state index >= 15 is 0 Å². The van der Waals surface area contributed by atoms with Crippen molar-refractivity contribution in [2.45, 2.75) is 32.1 Å². The summed E-state index contributed by atoms with van der Waals surface area (Å²) in [5.41, 5.74) is 0. The summed E-state index contributed by atoms with van der Waals surface area (Å²) in [4.78, 5) is 20.4. The van der Waals surface area contributed by atoms with Gasteiger partial charge < -0.3 is 9.80 Å². The lowest BCUT2D eigenvalue weighted by Crippen LogP contribution is -2.45. The molecule has 0 aromatic carbocycles. The third-order valence-electron chi connectivity index (χ3n) is 4.13. The maximum Gasteiger partial charge on any atom is 0.251 e. The highest BCUT2D eigenvalue weighted by Gasteiger charge is 2.39. The van der Waals surface area contributed by atoms with Gasteiger partial charge in [-0.05, 0) is 13.3 Å². The van der Waals surface area contributed by atoms with Crippen molar-refractivity contribution < 1.29 is 13.6 Å². The largest absolute Gasteiger partial charge is 0.346 e. The second-order valence-corrected chi connectivity index (χ2v) is 6.47. The molecule has 0 aliphatic carbocycles. The predicted octanol–water partition coefficient (Wildman–Crippen LogP) is 1.93. The van der Waals surface area contributed by atoms with E-state index in [1.165, 1.54) is 11.5 Å². The molecule has 0 spiro atoms. The summed E-state index contributed by atoms with van der Waals surface area (Å²) < 4.78 is 30.4. The first-order valence-corrected chi connectivity index (χ1v) is 7.94. The molecule has 2 aliphatic rings. The third kappa shape index (κ3) is 3.14. The highest BCUT2D eigenvalue weighted by molar-refractivity contribution is 7.09. The van der Waals surface area contributed by atoms with Gasteiger partial charge in [0.1, 0.15) is 5.82 Å². The summed E-state index contributed by atoms with van der Waals surface area (Å²) in [6.45, 7) is 3.56. The molecule has 21 heavy (non-hydrogen) atoms. The fraction of sp³-hybridized carbons (Fsp3) is 0.769. The molecule has 0 radical (unpaired) electrons. The van der Waals surface area contributed by atoms with Crippen molar-refractivity contribution in [2.24, 2.45) is 5.92 Å². The molecule has 2 saturated heterocycles. The number of aromatic nitrogens is 2. The quantitative estimate of drug-likeness (QED) is 0.836. The van der Waals surface area contributed by atoms with Crippen LogP contribution in [0.4, 0.5) is 13.9 Å². The number of likely N-dealkylation sites (tertiary alicyclic amines) is 1. The van der Waals surface area contributed by atoms with Crippen LogP contribution in [0.1, 0.15) is 25.1 Å². The van der Waals surface area contributed by atoms with Crippen molar-refractivity contribution >= 4 is 22.6 Å². The van der Waals surface area contributed by atoms with Crippen LogP contribution in [0.15, 0.2) is 0 Å². The Labute approximate surface area is 126 Å². The van der Waals surface area contributed by atoms with Crippen molar-refractivity contribution in [1.82, 2.24) is 14.3 Å². The van der Waals surface area contributed by atoms with Crippen molar-refractivity contribution in [1.29, 1.82) is 0 Å². The van der Waals surface area contributed by atoms with Gasteiger partial charge in [-0.15, -0.1) is 0 Å². The minimum atomic E-state index is -2.61. The Balaban J connectivity index is 1.57. The van der Waals surface area contributed by atoms with Gasteiger partial charge in [0.25, 0.3) is 5.92 Å². The number of carbonyl (C=O) groups is 1. The molecular formula is C13H18F2N4OS. The number of nitrogens with zero attached hydrogens (tertiary/aromatic N) is 4. The molecule has 0 N–H and O–H groups in total. The Morgan fingerprint density at radius 3 is 2.67 bits per heavy atom. The van der Waals surface area contributed by atoms with E-state index in [1.54, 1.807) is 4.90 Å². The molecule has 5 nitrogen and oxygen atoms in total. The second kappa shape index (κ2) is 5.47. The number of aryl methyl sites for hydroxylation is 1. The number of carbonyl (C=O) groups excluding carboxylic acids is 1. The van der Waals surface area contributed by atoms with E-state index in [4.69, 9.17) is 0 Å². The number of alkyl halides is 2. The van der Waals surface area contributed by atoms with Crippen LogP contribution < -0.4 is 4.90 Å². The molecule has 116 valence electrons. The van der Waals surface area contributed by atoms with Crippen molar-refractivity contribution in [3.63, 3.8) is 0 Å². The van der Waals surface area contributed by atoms with Gasteiger partial charge in [0, 0.05) is 50.6 Å². The normalized spacial score (nSPS) is 25.4. The van der Waals surface area contributed by atoms with Crippen LogP contribution in [0.2, 0.25) is 0 Å². The van der Waals surface area contributed by atoms with E-state index in [1.807, 2.05) is 6.92 Å². The summed E-state index contributed by atoms with van der Waals surface area (Å²) in [5, 5.41) is 0.841. The number of hydrogen-bond acceptors (Lipinski definition) is 5. The summed E-state index contributed by atoms with van der Waals surface area (Å²) in [7, 11) is 0. The Morgan fingerprint density at radius 1 is 1.33 bits per heavy atom. The molecule has 3 rings (SSSR count). The molecule has 1 unspecified atom stereocenters. The zero-order chi connectivity index (χ0) is 15.0. The Bertz CT molecular complexity index is 526. The van der Waals surface area contributed by atoms with E-state index in [-0.39, 0.29) is 37.8 Å². The van der Waals surface area contributed by atoms with Crippen LogP contribution >= 0.6 is 11.5 Å². The predicted molar refractivity (Wildman–Crippen MR) is 75.7 cm³/mol. The molecule has 1 aromatic heterocycles. The zero-order valence-electron chi connectivity index (χ0n) is 11.9. The number of hydrogen-bond donors (Lipinski definition) is 0. The molecule has 1 atom stereocenters. The zero-order valence-corrected chi connectivity index (χ0v) is 12.7. The van der Waals surface area contributed by atoms with E-state index in [9.17, 15) is 13.6 Å². The van der Waals surface area contributed by atoms with Gasteiger partial charge in [-0.25, -0.2) is 13.8 Å². The summed E-state index contributed by atoms with van der Waals surface area (Å²) in [5.74, 6) is -1.97. The Kier molecular flexibility index (Phi) is 3.81. The van der Waals surface area contributed by atoms with Crippen LogP contribution in [0.5, 0.6) is 0 Å². The van der Waals surface area contributed by atoms with E-state index in [2.05, 4.69) is 14.3 Å².